The van der Waals surface area contributed by atoms with Gasteiger partial charge in [0.1, 0.15) is 0 Å². The van der Waals surface area contributed by atoms with Gasteiger partial charge in [0.15, 0.2) is 0 Å². The molecule has 0 amide bonds. The van der Waals surface area contributed by atoms with Crippen molar-refractivity contribution in [2.75, 3.05) is 24.5 Å². The standard InChI is InChI=1S/C16H24N2O2.ClH/c1-2-13-4-3-5-15(12-13)18-10-7-14(8-11-18)17-9-6-16(19)20;/h3-5,12,14,17H,2,6-11H2,1H3,(H,19,20);1H. The quantitative estimate of drug-likeness (QED) is 0.848. The molecule has 2 rings (SSSR count). The first-order chi connectivity index (χ1) is 9.69. The molecule has 1 aliphatic heterocycles. The summed E-state index contributed by atoms with van der Waals surface area (Å²) in [6, 6.07) is 9.21. The summed E-state index contributed by atoms with van der Waals surface area (Å²) in [7, 11) is 0. The van der Waals surface area contributed by atoms with Gasteiger partial charge in [-0.25, -0.2) is 0 Å². The van der Waals surface area contributed by atoms with Crippen LogP contribution in [0.5, 0.6) is 0 Å². The predicted molar refractivity (Wildman–Crippen MR) is 88.6 cm³/mol. The van der Waals surface area contributed by atoms with Gasteiger partial charge in [0, 0.05) is 31.4 Å². The van der Waals surface area contributed by atoms with Crippen molar-refractivity contribution in [3.05, 3.63) is 29.8 Å². The topological polar surface area (TPSA) is 52.6 Å². The molecule has 0 saturated carbocycles. The molecule has 0 atom stereocenters. The Morgan fingerprint density at radius 1 is 1.38 bits per heavy atom. The molecule has 118 valence electrons. The van der Waals surface area contributed by atoms with Crippen molar-refractivity contribution in [1.29, 1.82) is 0 Å². The molecule has 1 aromatic rings. The van der Waals surface area contributed by atoms with Crippen LogP contribution in [0, 0.1) is 0 Å². The maximum atomic E-state index is 10.5. The molecular weight excluding hydrogens is 288 g/mol. The van der Waals surface area contributed by atoms with Crippen LogP contribution in [-0.4, -0.2) is 36.8 Å². The number of hydrogen-bond acceptors (Lipinski definition) is 3. The number of nitrogens with one attached hydrogen (secondary N) is 1. The third-order valence-electron chi connectivity index (χ3n) is 3.95. The predicted octanol–water partition coefficient (Wildman–Crippen LogP) is 2.70. The summed E-state index contributed by atoms with van der Waals surface area (Å²) in [5.41, 5.74) is 2.69. The zero-order chi connectivity index (χ0) is 14.4. The van der Waals surface area contributed by atoms with E-state index in [-0.39, 0.29) is 18.8 Å². The summed E-state index contributed by atoms with van der Waals surface area (Å²) in [4.78, 5) is 12.9. The van der Waals surface area contributed by atoms with E-state index in [1.54, 1.807) is 0 Å². The lowest BCUT2D eigenvalue weighted by Crippen LogP contribution is -2.43. The second kappa shape index (κ2) is 8.90. The summed E-state index contributed by atoms with van der Waals surface area (Å²) in [6.45, 7) is 4.83. The second-order valence-corrected chi connectivity index (χ2v) is 5.38. The van der Waals surface area contributed by atoms with Gasteiger partial charge >= 0.3 is 5.97 Å². The van der Waals surface area contributed by atoms with Crippen LogP contribution in [0.2, 0.25) is 0 Å². The highest BCUT2D eigenvalue weighted by Gasteiger charge is 2.19. The van der Waals surface area contributed by atoms with E-state index in [2.05, 4.69) is 41.4 Å². The van der Waals surface area contributed by atoms with Crippen LogP contribution < -0.4 is 10.2 Å². The Morgan fingerprint density at radius 2 is 2.10 bits per heavy atom. The number of anilines is 1. The van der Waals surface area contributed by atoms with E-state index < -0.39 is 5.97 Å². The summed E-state index contributed by atoms with van der Waals surface area (Å²) < 4.78 is 0. The number of halogens is 1. The molecule has 1 aliphatic rings. The molecule has 2 N–H and O–H groups in total. The number of carboxylic acids is 1. The fourth-order valence-electron chi connectivity index (χ4n) is 2.70. The second-order valence-electron chi connectivity index (χ2n) is 5.38. The Bertz CT molecular complexity index is 446. The molecule has 1 saturated heterocycles. The zero-order valence-electron chi connectivity index (χ0n) is 12.5. The Labute approximate surface area is 132 Å². The van der Waals surface area contributed by atoms with E-state index in [0.29, 0.717) is 12.6 Å². The lowest BCUT2D eigenvalue weighted by atomic mass is 10.0. The highest BCUT2D eigenvalue weighted by Crippen LogP contribution is 2.21. The number of aryl methyl sites for hydroxylation is 1. The summed E-state index contributed by atoms with van der Waals surface area (Å²) in [5.74, 6) is -0.730. The number of hydrogen-bond donors (Lipinski definition) is 2. The Kier molecular flexibility index (Phi) is 7.54. The van der Waals surface area contributed by atoms with E-state index in [1.807, 2.05) is 0 Å². The zero-order valence-corrected chi connectivity index (χ0v) is 13.4. The van der Waals surface area contributed by atoms with Crippen LogP contribution in [0.4, 0.5) is 5.69 Å². The van der Waals surface area contributed by atoms with Gasteiger partial charge in [-0.2, -0.15) is 0 Å². The number of benzene rings is 1. The van der Waals surface area contributed by atoms with Crippen molar-refractivity contribution >= 4 is 24.1 Å². The molecule has 4 nitrogen and oxygen atoms in total. The molecule has 1 heterocycles. The normalized spacial score (nSPS) is 15.6. The van der Waals surface area contributed by atoms with E-state index in [0.717, 1.165) is 32.4 Å². The number of carboxylic acid groups (broad SMARTS) is 1. The van der Waals surface area contributed by atoms with E-state index in [1.165, 1.54) is 11.3 Å². The maximum absolute atomic E-state index is 10.5. The van der Waals surface area contributed by atoms with Crippen LogP contribution in [0.15, 0.2) is 24.3 Å². The van der Waals surface area contributed by atoms with Crippen LogP contribution in [0.3, 0.4) is 0 Å². The molecule has 5 heteroatoms. The van der Waals surface area contributed by atoms with Gasteiger partial charge in [0.2, 0.25) is 0 Å². The minimum Gasteiger partial charge on any atom is -0.481 e. The molecule has 1 fully saturated rings. The maximum Gasteiger partial charge on any atom is 0.304 e. The lowest BCUT2D eigenvalue weighted by molar-refractivity contribution is -0.136. The van der Waals surface area contributed by atoms with Crippen molar-refractivity contribution in [2.24, 2.45) is 0 Å². The molecule has 0 unspecified atom stereocenters. The number of piperidine rings is 1. The fourth-order valence-corrected chi connectivity index (χ4v) is 2.70. The smallest absolute Gasteiger partial charge is 0.304 e. The summed E-state index contributed by atoms with van der Waals surface area (Å²) in [5, 5.41) is 12.0. The molecule has 0 aromatic heterocycles. The van der Waals surface area contributed by atoms with Gasteiger partial charge in [0.25, 0.3) is 0 Å². The van der Waals surface area contributed by atoms with Crippen LogP contribution in [0.25, 0.3) is 0 Å². The molecular formula is C16H25ClN2O2. The van der Waals surface area contributed by atoms with E-state index >= 15 is 0 Å². The third kappa shape index (κ3) is 5.56. The van der Waals surface area contributed by atoms with Gasteiger partial charge in [-0.05, 0) is 37.0 Å². The van der Waals surface area contributed by atoms with E-state index in [9.17, 15) is 4.79 Å². The minimum atomic E-state index is -0.730. The number of aliphatic carboxylic acids is 1. The molecule has 0 aliphatic carbocycles. The van der Waals surface area contributed by atoms with Crippen molar-refractivity contribution in [3.63, 3.8) is 0 Å². The van der Waals surface area contributed by atoms with Gasteiger partial charge < -0.3 is 15.3 Å². The minimum absolute atomic E-state index is 0. The summed E-state index contributed by atoms with van der Waals surface area (Å²) in [6.07, 6.45) is 3.44. The highest BCUT2D eigenvalue weighted by atomic mass is 35.5. The average molecular weight is 313 g/mol. The molecule has 1 aromatic carbocycles. The van der Waals surface area contributed by atoms with Crippen molar-refractivity contribution in [3.8, 4) is 0 Å². The average Bonchev–Trinajstić information content (AvgIpc) is 2.48. The molecule has 0 bridgehead atoms. The molecule has 0 spiro atoms. The molecule has 0 radical (unpaired) electrons. The van der Waals surface area contributed by atoms with Crippen LogP contribution >= 0.6 is 12.4 Å². The van der Waals surface area contributed by atoms with Crippen LogP contribution in [0.1, 0.15) is 31.7 Å². The van der Waals surface area contributed by atoms with Gasteiger partial charge in [-0.15, -0.1) is 12.4 Å². The Balaban J connectivity index is 0.00000220. The first kappa shape index (κ1) is 17.8. The number of rotatable bonds is 6. The van der Waals surface area contributed by atoms with Gasteiger partial charge in [-0.1, -0.05) is 19.1 Å². The number of nitrogens with zero attached hydrogens (tertiary/aromatic N) is 1. The van der Waals surface area contributed by atoms with Crippen LogP contribution in [-0.2, 0) is 11.2 Å². The Hall–Kier alpha value is -1.26. The van der Waals surface area contributed by atoms with E-state index in [4.69, 9.17) is 5.11 Å². The van der Waals surface area contributed by atoms with Crippen molar-refractivity contribution < 1.29 is 9.90 Å². The first-order valence-electron chi connectivity index (χ1n) is 7.48. The van der Waals surface area contributed by atoms with Gasteiger partial charge in [0.05, 0.1) is 6.42 Å². The van der Waals surface area contributed by atoms with Crippen molar-refractivity contribution in [2.45, 2.75) is 38.6 Å². The lowest BCUT2D eigenvalue weighted by Gasteiger charge is -2.34. The fraction of sp³-hybridized carbons (Fsp3) is 0.562. The summed E-state index contributed by atoms with van der Waals surface area (Å²) >= 11 is 0. The SMILES string of the molecule is CCc1cccc(N2CCC(NCCC(=O)O)CC2)c1.Cl. The Morgan fingerprint density at radius 3 is 2.71 bits per heavy atom. The third-order valence-corrected chi connectivity index (χ3v) is 3.95. The molecule has 21 heavy (non-hydrogen) atoms. The highest BCUT2D eigenvalue weighted by molar-refractivity contribution is 5.85. The first-order valence-corrected chi connectivity index (χ1v) is 7.48. The van der Waals surface area contributed by atoms with Gasteiger partial charge in [-0.3, -0.25) is 4.79 Å². The number of carbonyl (C=O) groups is 1. The monoisotopic (exact) mass is 312 g/mol. The van der Waals surface area contributed by atoms with Crippen molar-refractivity contribution in [1.82, 2.24) is 5.32 Å². The largest absolute Gasteiger partial charge is 0.481 e.